The van der Waals surface area contributed by atoms with Crippen LogP contribution in [0.2, 0.25) is 0 Å². The summed E-state index contributed by atoms with van der Waals surface area (Å²) in [6.45, 7) is 2.26. The van der Waals surface area contributed by atoms with Gasteiger partial charge < -0.3 is 29.7 Å². The van der Waals surface area contributed by atoms with Crippen molar-refractivity contribution >= 4 is 28.6 Å². The lowest BCUT2D eigenvalue weighted by Crippen LogP contribution is -2.50. The highest BCUT2D eigenvalue weighted by Crippen LogP contribution is 2.29. The van der Waals surface area contributed by atoms with Crippen molar-refractivity contribution < 1.29 is 23.5 Å². The number of nitrogens with zero attached hydrogens (tertiary/aromatic N) is 1. The van der Waals surface area contributed by atoms with Crippen LogP contribution < -0.4 is 10.6 Å². The van der Waals surface area contributed by atoms with Gasteiger partial charge in [0.2, 0.25) is 5.91 Å². The van der Waals surface area contributed by atoms with Crippen LogP contribution in [-0.2, 0) is 9.53 Å². The first-order valence-electron chi connectivity index (χ1n) is 12.7. The topological polar surface area (TPSA) is 117 Å². The Balaban J connectivity index is 1.31. The monoisotopic (exact) mass is 492 g/mol. The highest BCUT2D eigenvalue weighted by atomic mass is 16.5. The number of likely N-dealkylation sites (N-methyl/N-ethyl adjacent to an activating group) is 1. The van der Waals surface area contributed by atoms with Gasteiger partial charge in [-0.25, -0.2) is 0 Å². The zero-order valence-electron chi connectivity index (χ0n) is 20.5. The second-order valence-electron chi connectivity index (χ2n) is 9.52. The van der Waals surface area contributed by atoms with E-state index in [0.717, 1.165) is 42.1 Å². The zero-order chi connectivity index (χ0) is 25.1. The molecule has 0 bridgehead atoms. The molecule has 1 unspecified atom stereocenters. The maximum Gasteiger partial charge on any atom is 0.287 e. The van der Waals surface area contributed by atoms with E-state index >= 15 is 0 Å². The number of amides is 3. The first-order chi connectivity index (χ1) is 17.5. The van der Waals surface area contributed by atoms with E-state index in [9.17, 15) is 14.4 Å². The minimum Gasteiger partial charge on any atom is -0.451 e. The van der Waals surface area contributed by atoms with Crippen LogP contribution in [0.1, 0.15) is 53.1 Å². The third-order valence-electron chi connectivity index (χ3n) is 7.20. The average Bonchev–Trinajstić information content (AvgIpc) is 3.59. The highest BCUT2D eigenvalue weighted by Gasteiger charge is 2.31. The van der Waals surface area contributed by atoms with Crippen LogP contribution in [0.3, 0.4) is 0 Å². The Bertz CT molecular complexity index is 1250. The van der Waals surface area contributed by atoms with Gasteiger partial charge in [0.15, 0.2) is 5.76 Å². The molecule has 1 atom stereocenters. The fourth-order valence-corrected chi connectivity index (χ4v) is 5.18. The summed E-state index contributed by atoms with van der Waals surface area (Å²) in [6, 6.07) is 10.4. The minimum absolute atomic E-state index is 0.0448. The van der Waals surface area contributed by atoms with Crippen molar-refractivity contribution in [1.82, 2.24) is 20.5 Å². The average molecular weight is 493 g/mol. The molecule has 1 aliphatic carbocycles. The van der Waals surface area contributed by atoms with Gasteiger partial charge in [-0.05, 0) is 43.0 Å². The number of carbonyl (C=O) groups excluding carboxylic acids is 3. The number of rotatable bonds is 6. The van der Waals surface area contributed by atoms with Gasteiger partial charge in [0.05, 0.1) is 13.2 Å². The number of fused-ring (bicyclic) bond motifs is 1. The fraction of sp³-hybridized carbons (Fsp3) is 0.444. The van der Waals surface area contributed by atoms with Gasteiger partial charge in [0.25, 0.3) is 11.8 Å². The van der Waals surface area contributed by atoms with E-state index in [-0.39, 0.29) is 23.5 Å². The summed E-state index contributed by atoms with van der Waals surface area (Å²) in [7, 11) is 1.59. The maximum atomic E-state index is 13.0. The third kappa shape index (κ3) is 5.02. The van der Waals surface area contributed by atoms with E-state index < -0.39 is 11.9 Å². The Labute approximate surface area is 209 Å². The van der Waals surface area contributed by atoms with Crippen LogP contribution in [0, 0.1) is 5.92 Å². The smallest absolute Gasteiger partial charge is 0.287 e. The number of aromatic nitrogens is 1. The molecule has 1 saturated carbocycles. The lowest BCUT2D eigenvalue weighted by Gasteiger charge is -2.29. The first-order valence-corrected chi connectivity index (χ1v) is 12.7. The molecule has 3 amide bonds. The minimum atomic E-state index is -0.575. The van der Waals surface area contributed by atoms with Gasteiger partial charge in [0, 0.05) is 36.6 Å². The van der Waals surface area contributed by atoms with Gasteiger partial charge >= 0.3 is 0 Å². The SMILES string of the molecule is CNC(=O)C(NC(=O)c1ccc(-c2ccc3cc(C(=O)N4CCOCC4)[nH]c3c2)o1)C1CCCCC1. The number of hydrogen-bond acceptors (Lipinski definition) is 5. The van der Waals surface area contributed by atoms with Crippen LogP contribution in [0.15, 0.2) is 40.8 Å². The largest absolute Gasteiger partial charge is 0.451 e. The van der Waals surface area contributed by atoms with E-state index in [4.69, 9.17) is 9.15 Å². The quantitative estimate of drug-likeness (QED) is 0.488. The molecule has 9 nitrogen and oxygen atoms in total. The summed E-state index contributed by atoms with van der Waals surface area (Å²) >= 11 is 0. The molecule has 1 saturated heterocycles. The summed E-state index contributed by atoms with van der Waals surface area (Å²) in [5.74, 6) is 0.191. The van der Waals surface area contributed by atoms with E-state index in [2.05, 4.69) is 15.6 Å². The molecule has 9 heteroatoms. The van der Waals surface area contributed by atoms with Gasteiger partial charge in [-0.3, -0.25) is 14.4 Å². The molecule has 0 radical (unpaired) electrons. The molecule has 3 aromatic rings. The second kappa shape index (κ2) is 10.6. The Morgan fingerprint density at radius 1 is 1.03 bits per heavy atom. The van der Waals surface area contributed by atoms with Gasteiger partial charge in [0.1, 0.15) is 17.5 Å². The Morgan fingerprint density at radius 3 is 2.56 bits per heavy atom. The number of H-pyrrole nitrogens is 1. The van der Waals surface area contributed by atoms with E-state index in [1.54, 1.807) is 24.1 Å². The van der Waals surface area contributed by atoms with E-state index in [1.807, 2.05) is 24.3 Å². The number of aromatic amines is 1. The van der Waals surface area contributed by atoms with Crippen molar-refractivity contribution in [3.63, 3.8) is 0 Å². The van der Waals surface area contributed by atoms with Gasteiger partial charge in [-0.15, -0.1) is 0 Å². The van der Waals surface area contributed by atoms with Crippen LogP contribution in [0.5, 0.6) is 0 Å². The Hall–Kier alpha value is -3.59. The van der Waals surface area contributed by atoms with Gasteiger partial charge in [-0.2, -0.15) is 0 Å². The summed E-state index contributed by atoms with van der Waals surface area (Å²) in [6.07, 6.45) is 5.15. The molecule has 0 spiro atoms. The summed E-state index contributed by atoms with van der Waals surface area (Å²) < 4.78 is 11.2. The third-order valence-corrected chi connectivity index (χ3v) is 7.20. The highest BCUT2D eigenvalue weighted by molar-refractivity contribution is 5.99. The zero-order valence-corrected chi connectivity index (χ0v) is 20.5. The number of carbonyl (C=O) groups is 3. The van der Waals surface area contributed by atoms with Crippen molar-refractivity contribution in [2.24, 2.45) is 5.92 Å². The summed E-state index contributed by atoms with van der Waals surface area (Å²) in [4.78, 5) is 43.3. The summed E-state index contributed by atoms with van der Waals surface area (Å²) in [5.41, 5.74) is 2.12. The molecular weight excluding hydrogens is 460 g/mol. The molecule has 3 N–H and O–H groups in total. The normalized spacial score (nSPS) is 17.6. The van der Waals surface area contributed by atoms with Crippen molar-refractivity contribution in [2.75, 3.05) is 33.4 Å². The van der Waals surface area contributed by atoms with Gasteiger partial charge in [-0.1, -0.05) is 31.4 Å². The van der Waals surface area contributed by atoms with Crippen molar-refractivity contribution in [1.29, 1.82) is 0 Å². The van der Waals surface area contributed by atoms with Crippen molar-refractivity contribution in [2.45, 2.75) is 38.1 Å². The van der Waals surface area contributed by atoms with E-state index in [0.29, 0.717) is 37.8 Å². The standard InChI is InChI=1S/C27H32N4O5/c1-28-26(33)24(17-5-3-2-4-6-17)30-25(32)23-10-9-22(36-23)19-8-7-18-15-21(29-20(18)16-19)27(34)31-11-13-35-14-12-31/h7-10,15-17,24,29H,2-6,11-14H2,1H3,(H,28,33)(H,30,32). The van der Waals surface area contributed by atoms with Crippen LogP contribution in [0.25, 0.3) is 22.2 Å². The number of hydrogen-bond donors (Lipinski definition) is 3. The number of benzene rings is 1. The molecule has 5 rings (SSSR count). The molecule has 3 heterocycles. The van der Waals surface area contributed by atoms with Crippen LogP contribution in [0.4, 0.5) is 0 Å². The fourth-order valence-electron chi connectivity index (χ4n) is 5.18. The van der Waals surface area contributed by atoms with Crippen molar-refractivity contribution in [3.8, 4) is 11.3 Å². The van der Waals surface area contributed by atoms with Crippen LogP contribution in [-0.4, -0.2) is 67.0 Å². The molecule has 1 aromatic carbocycles. The number of ether oxygens (including phenoxy) is 1. The number of furan rings is 1. The number of morpholine rings is 1. The molecule has 2 aromatic heterocycles. The van der Waals surface area contributed by atoms with Crippen molar-refractivity contribution in [3.05, 3.63) is 47.9 Å². The molecular formula is C27H32N4O5. The lowest BCUT2D eigenvalue weighted by atomic mass is 9.83. The molecule has 36 heavy (non-hydrogen) atoms. The molecule has 2 fully saturated rings. The van der Waals surface area contributed by atoms with Crippen LogP contribution >= 0.6 is 0 Å². The molecule has 1 aliphatic heterocycles. The Kier molecular flexibility index (Phi) is 7.09. The maximum absolute atomic E-state index is 13.0. The molecule has 2 aliphatic rings. The molecule has 190 valence electrons. The Morgan fingerprint density at radius 2 is 1.81 bits per heavy atom. The number of nitrogens with one attached hydrogen (secondary N) is 3. The second-order valence-corrected chi connectivity index (χ2v) is 9.52. The first kappa shape index (κ1) is 24.1. The predicted octanol–water partition coefficient (Wildman–Crippen LogP) is 3.33. The summed E-state index contributed by atoms with van der Waals surface area (Å²) in [5, 5.41) is 6.49. The van der Waals surface area contributed by atoms with E-state index in [1.165, 1.54) is 6.42 Å². The lowest BCUT2D eigenvalue weighted by molar-refractivity contribution is -0.124. The predicted molar refractivity (Wildman–Crippen MR) is 135 cm³/mol.